The topological polar surface area (TPSA) is 121 Å². The van der Waals surface area contributed by atoms with Gasteiger partial charge in [0.1, 0.15) is 12.6 Å². The molecule has 0 unspecified atom stereocenters. The van der Waals surface area contributed by atoms with Gasteiger partial charge in [0.2, 0.25) is 0 Å². The summed E-state index contributed by atoms with van der Waals surface area (Å²) in [6.07, 6.45) is 7.31. The molecule has 148 valence electrons. The molecule has 1 atom stereocenters. The van der Waals surface area contributed by atoms with E-state index >= 15 is 0 Å². The van der Waals surface area contributed by atoms with Crippen LogP contribution in [0.4, 0.5) is 4.79 Å². The van der Waals surface area contributed by atoms with Crippen LogP contribution in [0.2, 0.25) is 0 Å². The number of hydrazone groups is 1. The fourth-order valence-corrected chi connectivity index (χ4v) is 2.43. The zero-order chi connectivity index (χ0) is 20.3. The van der Waals surface area contributed by atoms with E-state index in [0.717, 1.165) is 11.1 Å². The van der Waals surface area contributed by atoms with Crippen molar-refractivity contribution < 1.29 is 14.3 Å². The first-order valence-corrected chi connectivity index (χ1v) is 8.88. The van der Waals surface area contributed by atoms with Crippen LogP contribution in [-0.4, -0.2) is 39.2 Å². The van der Waals surface area contributed by atoms with Gasteiger partial charge in [-0.15, -0.1) is 0 Å². The maximum atomic E-state index is 12.5. The van der Waals surface area contributed by atoms with Crippen LogP contribution in [0, 0.1) is 0 Å². The quantitative estimate of drug-likeness (QED) is 0.399. The largest absolute Gasteiger partial charge is 0.445 e. The molecule has 3 aromatic rings. The standard InChI is InChI=1S/C20H20N6O3/c27-19(26-24-11-15-6-8-21-9-7-15)18(10-17-12-22-14-23-17)25-20(28)29-13-16-4-2-1-3-5-16/h1-9,11-12,14,18H,10,13H2,(H,22,23)(H,25,28)(H,26,27)/b24-11-/t18-/m0/s1. The number of imidazole rings is 1. The van der Waals surface area contributed by atoms with E-state index in [1.165, 1.54) is 12.5 Å². The summed E-state index contributed by atoms with van der Waals surface area (Å²) in [5, 5.41) is 6.49. The molecule has 29 heavy (non-hydrogen) atoms. The molecule has 2 heterocycles. The molecule has 0 bridgehead atoms. The minimum atomic E-state index is -0.895. The molecule has 0 radical (unpaired) electrons. The molecule has 0 aliphatic heterocycles. The average Bonchev–Trinajstić information content (AvgIpc) is 3.26. The third-order valence-corrected chi connectivity index (χ3v) is 3.89. The van der Waals surface area contributed by atoms with Crippen molar-refractivity contribution in [2.75, 3.05) is 0 Å². The maximum absolute atomic E-state index is 12.5. The molecule has 9 heteroatoms. The van der Waals surface area contributed by atoms with Gasteiger partial charge in [0, 0.05) is 30.7 Å². The van der Waals surface area contributed by atoms with E-state index in [9.17, 15) is 9.59 Å². The van der Waals surface area contributed by atoms with Crippen molar-refractivity contribution in [2.45, 2.75) is 19.1 Å². The van der Waals surface area contributed by atoms with E-state index in [2.05, 4.69) is 30.8 Å². The number of aromatic nitrogens is 3. The number of aromatic amines is 1. The van der Waals surface area contributed by atoms with Crippen molar-refractivity contribution in [3.63, 3.8) is 0 Å². The van der Waals surface area contributed by atoms with Crippen molar-refractivity contribution in [1.29, 1.82) is 0 Å². The second-order valence-corrected chi connectivity index (χ2v) is 6.05. The Hall–Kier alpha value is -4.01. The number of ether oxygens (including phenoxy) is 1. The lowest BCUT2D eigenvalue weighted by molar-refractivity contribution is -0.123. The number of alkyl carbamates (subject to hydrolysis) is 1. The fraction of sp³-hybridized carbons (Fsp3) is 0.150. The Morgan fingerprint density at radius 3 is 2.66 bits per heavy atom. The Labute approximate surface area is 167 Å². The molecule has 0 fully saturated rings. The first-order valence-electron chi connectivity index (χ1n) is 8.88. The van der Waals surface area contributed by atoms with Crippen molar-refractivity contribution in [2.24, 2.45) is 5.10 Å². The van der Waals surface area contributed by atoms with Crippen LogP contribution in [0.1, 0.15) is 16.8 Å². The fourth-order valence-electron chi connectivity index (χ4n) is 2.43. The highest BCUT2D eigenvalue weighted by molar-refractivity contribution is 5.87. The molecule has 9 nitrogen and oxygen atoms in total. The van der Waals surface area contributed by atoms with Gasteiger partial charge in [-0.1, -0.05) is 30.3 Å². The first kappa shape index (κ1) is 19.7. The summed E-state index contributed by atoms with van der Waals surface area (Å²) in [6.45, 7) is 0.102. The molecular weight excluding hydrogens is 372 g/mol. The number of hydrogen-bond acceptors (Lipinski definition) is 6. The van der Waals surface area contributed by atoms with E-state index in [1.807, 2.05) is 30.3 Å². The van der Waals surface area contributed by atoms with Crippen molar-refractivity contribution >= 4 is 18.2 Å². The molecular formula is C20H20N6O3. The van der Waals surface area contributed by atoms with Crippen molar-refractivity contribution in [3.05, 3.63) is 84.2 Å². The molecule has 0 aliphatic carbocycles. The number of carbonyl (C=O) groups is 2. The number of amides is 2. The summed E-state index contributed by atoms with van der Waals surface area (Å²) in [6, 6.07) is 11.9. The molecule has 0 spiro atoms. The lowest BCUT2D eigenvalue weighted by Crippen LogP contribution is -2.47. The van der Waals surface area contributed by atoms with Crippen molar-refractivity contribution in [1.82, 2.24) is 25.7 Å². The Bertz CT molecular complexity index is 929. The molecule has 1 aromatic carbocycles. The molecule has 2 aromatic heterocycles. The highest BCUT2D eigenvalue weighted by Gasteiger charge is 2.22. The molecule has 3 rings (SSSR count). The zero-order valence-corrected chi connectivity index (χ0v) is 15.5. The second-order valence-electron chi connectivity index (χ2n) is 6.05. The normalized spacial score (nSPS) is 11.7. The number of benzene rings is 1. The van der Waals surface area contributed by atoms with Crippen LogP contribution in [0.3, 0.4) is 0 Å². The average molecular weight is 392 g/mol. The Morgan fingerprint density at radius 1 is 1.14 bits per heavy atom. The second kappa shape index (κ2) is 10.4. The van der Waals surface area contributed by atoms with Crippen LogP contribution < -0.4 is 10.7 Å². The monoisotopic (exact) mass is 392 g/mol. The summed E-state index contributed by atoms with van der Waals surface area (Å²) in [7, 11) is 0. The van der Waals surface area contributed by atoms with Gasteiger partial charge < -0.3 is 15.0 Å². The minimum absolute atomic E-state index is 0.102. The summed E-state index contributed by atoms with van der Waals surface area (Å²) in [4.78, 5) is 35.4. The third-order valence-electron chi connectivity index (χ3n) is 3.89. The molecule has 2 amide bonds. The Kier molecular flexibility index (Phi) is 7.05. The van der Waals surface area contributed by atoms with Gasteiger partial charge in [0.05, 0.1) is 12.5 Å². The number of carbonyl (C=O) groups excluding carboxylic acids is 2. The van der Waals surface area contributed by atoms with E-state index in [1.54, 1.807) is 30.7 Å². The van der Waals surface area contributed by atoms with E-state index in [0.29, 0.717) is 5.69 Å². The maximum Gasteiger partial charge on any atom is 0.408 e. The predicted molar refractivity (Wildman–Crippen MR) is 106 cm³/mol. The van der Waals surface area contributed by atoms with Crippen LogP contribution in [0.25, 0.3) is 0 Å². The van der Waals surface area contributed by atoms with Gasteiger partial charge in [-0.2, -0.15) is 5.10 Å². The van der Waals surface area contributed by atoms with Gasteiger partial charge in [-0.25, -0.2) is 15.2 Å². The summed E-state index contributed by atoms with van der Waals surface area (Å²) >= 11 is 0. The van der Waals surface area contributed by atoms with Gasteiger partial charge >= 0.3 is 6.09 Å². The molecule has 3 N–H and O–H groups in total. The summed E-state index contributed by atoms with van der Waals surface area (Å²) in [5.74, 6) is -0.485. The number of nitrogens with zero attached hydrogens (tertiary/aromatic N) is 3. The highest BCUT2D eigenvalue weighted by atomic mass is 16.5. The zero-order valence-electron chi connectivity index (χ0n) is 15.5. The first-order chi connectivity index (χ1) is 14.2. The number of H-pyrrole nitrogens is 1. The summed E-state index contributed by atoms with van der Waals surface area (Å²) < 4.78 is 5.20. The van der Waals surface area contributed by atoms with Crippen LogP contribution in [-0.2, 0) is 22.6 Å². The Morgan fingerprint density at radius 2 is 1.93 bits per heavy atom. The highest BCUT2D eigenvalue weighted by Crippen LogP contribution is 2.03. The number of pyridine rings is 1. The van der Waals surface area contributed by atoms with Crippen LogP contribution in [0.15, 0.2) is 72.5 Å². The molecule has 0 aliphatic rings. The van der Waals surface area contributed by atoms with Gasteiger partial charge in [-0.3, -0.25) is 9.78 Å². The predicted octanol–water partition coefficient (Wildman–Crippen LogP) is 1.79. The smallest absolute Gasteiger partial charge is 0.408 e. The van der Waals surface area contributed by atoms with Crippen molar-refractivity contribution in [3.8, 4) is 0 Å². The van der Waals surface area contributed by atoms with E-state index in [-0.39, 0.29) is 13.0 Å². The molecule has 0 saturated carbocycles. The van der Waals surface area contributed by atoms with E-state index in [4.69, 9.17) is 4.74 Å². The van der Waals surface area contributed by atoms with Gasteiger partial charge in [0.15, 0.2) is 0 Å². The van der Waals surface area contributed by atoms with Gasteiger partial charge in [0.25, 0.3) is 5.91 Å². The number of hydrogen-bond donors (Lipinski definition) is 3. The third kappa shape index (κ3) is 6.58. The van der Waals surface area contributed by atoms with E-state index < -0.39 is 18.0 Å². The summed E-state index contributed by atoms with van der Waals surface area (Å²) in [5.41, 5.74) is 4.74. The lowest BCUT2D eigenvalue weighted by atomic mass is 10.1. The number of rotatable bonds is 8. The lowest BCUT2D eigenvalue weighted by Gasteiger charge is -2.16. The number of nitrogens with one attached hydrogen (secondary N) is 3. The SMILES string of the molecule is O=C(N[C@@H](Cc1cnc[nH]1)C(=O)N/N=C\c1ccncc1)OCc1ccccc1. The minimum Gasteiger partial charge on any atom is -0.445 e. The Balaban J connectivity index is 1.58. The van der Waals surface area contributed by atoms with Crippen LogP contribution in [0.5, 0.6) is 0 Å². The molecule has 0 saturated heterocycles. The van der Waals surface area contributed by atoms with Crippen LogP contribution >= 0.6 is 0 Å². The van der Waals surface area contributed by atoms with Gasteiger partial charge in [-0.05, 0) is 23.3 Å².